The van der Waals surface area contributed by atoms with Gasteiger partial charge in [0, 0.05) is 5.38 Å². The van der Waals surface area contributed by atoms with Crippen LogP contribution in [0.15, 0.2) is 52.5 Å². The number of hydrogen-bond acceptors (Lipinski definition) is 6. The van der Waals surface area contributed by atoms with Crippen LogP contribution in [0.1, 0.15) is 26.6 Å². The van der Waals surface area contributed by atoms with Crippen LogP contribution in [0.3, 0.4) is 0 Å². The summed E-state index contributed by atoms with van der Waals surface area (Å²) in [5.74, 6) is -1.23. The minimum absolute atomic E-state index is 0.0137. The second-order valence-corrected chi connectivity index (χ2v) is 6.07. The van der Waals surface area contributed by atoms with E-state index < -0.39 is 11.8 Å². The van der Waals surface area contributed by atoms with Crippen molar-refractivity contribution >= 4 is 39.9 Å². The summed E-state index contributed by atoms with van der Waals surface area (Å²) in [4.78, 5) is 39.6. The summed E-state index contributed by atoms with van der Waals surface area (Å²) >= 11 is 1.19. The third-order valence-electron chi connectivity index (χ3n) is 3.33. The standard InChI is InChI=1S/C17H14N4O4S/c18-15(23)11-4-1-2-5-12(11)20-14(22)8-10-9-26-17(19-10)21-16(24)13-6-3-7-25-13/h1-7,9H,8H2,(H2,18,23)(H,20,22)(H,19,21,24). The fourth-order valence-corrected chi connectivity index (χ4v) is 2.88. The zero-order valence-corrected chi connectivity index (χ0v) is 14.2. The Hall–Kier alpha value is -3.46. The number of benzene rings is 1. The van der Waals surface area contributed by atoms with Crippen molar-refractivity contribution in [3.63, 3.8) is 0 Å². The summed E-state index contributed by atoms with van der Waals surface area (Å²) < 4.78 is 5.00. The number of anilines is 2. The Balaban J connectivity index is 1.61. The molecular formula is C17H14N4O4S. The van der Waals surface area contributed by atoms with Gasteiger partial charge in [0.25, 0.3) is 11.8 Å². The van der Waals surface area contributed by atoms with Gasteiger partial charge >= 0.3 is 0 Å². The quantitative estimate of drug-likeness (QED) is 0.613. The van der Waals surface area contributed by atoms with Gasteiger partial charge in [0.05, 0.1) is 29.6 Å². The lowest BCUT2D eigenvalue weighted by molar-refractivity contribution is -0.115. The lowest BCUT2D eigenvalue weighted by Gasteiger charge is -2.07. The molecule has 1 aromatic carbocycles. The molecule has 9 heteroatoms. The number of para-hydroxylation sites is 1. The van der Waals surface area contributed by atoms with Gasteiger partial charge in [-0.2, -0.15) is 0 Å². The van der Waals surface area contributed by atoms with Gasteiger partial charge < -0.3 is 15.5 Å². The average molecular weight is 370 g/mol. The number of aromatic nitrogens is 1. The molecule has 0 fully saturated rings. The highest BCUT2D eigenvalue weighted by atomic mass is 32.1. The maximum absolute atomic E-state index is 12.2. The van der Waals surface area contributed by atoms with Crippen molar-refractivity contribution < 1.29 is 18.8 Å². The molecule has 0 radical (unpaired) electrons. The number of carbonyl (C=O) groups is 3. The molecule has 0 saturated carbocycles. The molecular weight excluding hydrogens is 356 g/mol. The highest BCUT2D eigenvalue weighted by molar-refractivity contribution is 7.14. The van der Waals surface area contributed by atoms with Gasteiger partial charge in [0.2, 0.25) is 5.91 Å². The molecule has 0 aliphatic carbocycles. The fraction of sp³-hybridized carbons (Fsp3) is 0.0588. The normalized spacial score (nSPS) is 10.3. The van der Waals surface area contributed by atoms with Crippen molar-refractivity contribution in [3.05, 3.63) is 65.1 Å². The van der Waals surface area contributed by atoms with E-state index in [9.17, 15) is 14.4 Å². The number of primary amides is 1. The minimum atomic E-state index is -0.627. The minimum Gasteiger partial charge on any atom is -0.459 e. The van der Waals surface area contributed by atoms with Crippen molar-refractivity contribution in [1.82, 2.24) is 4.98 Å². The van der Waals surface area contributed by atoms with E-state index in [0.29, 0.717) is 16.5 Å². The molecule has 0 saturated heterocycles. The number of hydrogen-bond donors (Lipinski definition) is 3. The number of nitrogens with zero attached hydrogens (tertiary/aromatic N) is 1. The highest BCUT2D eigenvalue weighted by Gasteiger charge is 2.14. The van der Waals surface area contributed by atoms with E-state index in [1.54, 1.807) is 29.6 Å². The van der Waals surface area contributed by atoms with E-state index in [-0.39, 0.29) is 23.7 Å². The van der Waals surface area contributed by atoms with Gasteiger partial charge in [-0.3, -0.25) is 19.7 Å². The molecule has 132 valence electrons. The summed E-state index contributed by atoms with van der Waals surface area (Å²) in [7, 11) is 0. The Morgan fingerprint density at radius 3 is 2.65 bits per heavy atom. The molecule has 0 unspecified atom stereocenters. The molecule has 0 spiro atoms. The average Bonchev–Trinajstić information content (AvgIpc) is 3.27. The molecule has 26 heavy (non-hydrogen) atoms. The lowest BCUT2D eigenvalue weighted by atomic mass is 10.1. The van der Waals surface area contributed by atoms with Crippen LogP contribution in [0.5, 0.6) is 0 Å². The number of nitrogens with one attached hydrogen (secondary N) is 2. The van der Waals surface area contributed by atoms with E-state index in [1.807, 2.05) is 0 Å². The maximum Gasteiger partial charge on any atom is 0.293 e. The largest absolute Gasteiger partial charge is 0.459 e. The van der Waals surface area contributed by atoms with Crippen molar-refractivity contribution in [3.8, 4) is 0 Å². The van der Waals surface area contributed by atoms with Crippen LogP contribution in [-0.2, 0) is 11.2 Å². The number of amides is 3. The lowest BCUT2D eigenvalue weighted by Crippen LogP contribution is -2.19. The first-order chi connectivity index (χ1) is 12.5. The second kappa shape index (κ2) is 7.62. The fourth-order valence-electron chi connectivity index (χ4n) is 2.18. The van der Waals surface area contributed by atoms with Crippen molar-refractivity contribution in [2.75, 3.05) is 10.6 Å². The van der Waals surface area contributed by atoms with Gasteiger partial charge in [-0.1, -0.05) is 12.1 Å². The zero-order chi connectivity index (χ0) is 18.5. The molecule has 4 N–H and O–H groups in total. The van der Waals surface area contributed by atoms with Crippen molar-refractivity contribution in [1.29, 1.82) is 0 Å². The van der Waals surface area contributed by atoms with Crippen LogP contribution in [0, 0.1) is 0 Å². The summed E-state index contributed by atoms with van der Waals surface area (Å²) in [6.45, 7) is 0. The van der Waals surface area contributed by atoms with Crippen LogP contribution in [0.25, 0.3) is 0 Å². The first-order valence-electron chi connectivity index (χ1n) is 7.51. The summed E-state index contributed by atoms with van der Waals surface area (Å²) in [6.07, 6.45) is 1.39. The zero-order valence-electron chi connectivity index (χ0n) is 13.4. The van der Waals surface area contributed by atoms with Crippen LogP contribution in [0.4, 0.5) is 10.8 Å². The Morgan fingerprint density at radius 2 is 1.92 bits per heavy atom. The molecule has 3 aromatic rings. The summed E-state index contributed by atoms with van der Waals surface area (Å²) in [5.41, 5.74) is 6.34. The number of rotatable bonds is 6. The third-order valence-corrected chi connectivity index (χ3v) is 4.13. The molecule has 2 heterocycles. The van der Waals surface area contributed by atoms with E-state index in [4.69, 9.17) is 10.2 Å². The number of thiazole rings is 1. The van der Waals surface area contributed by atoms with Crippen LogP contribution >= 0.6 is 11.3 Å². The Kier molecular flexibility index (Phi) is 5.09. The Bertz CT molecular complexity index is 949. The first kappa shape index (κ1) is 17.4. The molecule has 0 atom stereocenters. The molecule has 0 aliphatic heterocycles. The summed E-state index contributed by atoms with van der Waals surface area (Å²) in [6, 6.07) is 9.61. The topological polar surface area (TPSA) is 127 Å². The first-order valence-corrected chi connectivity index (χ1v) is 8.39. The van der Waals surface area contributed by atoms with E-state index >= 15 is 0 Å². The maximum atomic E-state index is 12.2. The third kappa shape index (κ3) is 4.14. The van der Waals surface area contributed by atoms with Gasteiger partial charge in [-0.25, -0.2) is 4.98 Å². The smallest absolute Gasteiger partial charge is 0.293 e. The number of furan rings is 1. The number of carbonyl (C=O) groups excluding carboxylic acids is 3. The molecule has 0 aliphatic rings. The molecule has 0 bridgehead atoms. The Morgan fingerprint density at radius 1 is 1.12 bits per heavy atom. The highest BCUT2D eigenvalue weighted by Crippen LogP contribution is 2.18. The number of nitrogens with two attached hydrogens (primary N) is 1. The molecule has 2 aromatic heterocycles. The predicted molar refractivity (Wildman–Crippen MR) is 96.1 cm³/mol. The van der Waals surface area contributed by atoms with E-state index in [2.05, 4.69) is 15.6 Å². The molecule has 3 rings (SSSR count). The van der Waals surface area contributed by atoms with Gasteiger partial charge in [-0.15, -0.1) is 11.3 Å². The molecule has 3 amide bonds. The van der Waals surface area contributed by atoms with Crippen LogP contribution in [0.2, 0.25) is 0 Å². The van der Waals surface area contributed by atoms with Gasteiger partial charge in [-0.05, 0) is 24.3 Å². The van der Waals surface area contributed by atoms with Gasteiger partial charge in [0.15, 0.2) is 10.9 Å². The van der Waals surface area contributed by atoms with Gasteiger partial charge in [0.1, 0.15) is 0 Å². The summed E-state index contributed by atoms with van der Waals surface area (Å²) in [5, 5.41) is 7.25. The van der Waals surface area contributed by atoms with Crippen molar-refractivity contribution in [2.45, 2.75) is 6.42 Å². The van der Waals surface area contributed by atoms with Crippen LogP contribution in [-0.4, -0.2) is 22.7 Å². The van der Waals surface area contributed by atoms with Crippen molar-refractivity contribution in [2.24, 2.45) is 5.73 Å². The SMILES string of the molecule is NC(=O)c1ccccc1NC(=O)Cc1csc(NC(=O)c2ccco2)n1. The second-order valence-electron chi connectivity index (χ2n) is 5.21. The monoisotopic (exact) mass is 370 g/mol. The van der Waals surface area contributed by atoms with E-state index in [0.717, 1.165) is 0 Å². The molecule has 8 nitrogen and oxygen atoms in total. The van der Waals surface area contributed by atoms with E-state index in [1.165, 1.54) is 29.7 Å². The Labute approximate surface area is 152 Å². The predicted octanol–water partition coefficient (Wildman–Crippen LogP) is 2.27. The van der Waals surface area contributed by atoms with Crippen LogP contribution < -0.4 is 16.4 Å².